The summed E-state index contributed by atoms with van der Waals surface area (Å²) in [6, 6.07) is 14.3. The number of likely N-dealkylation sites (tertiary alicyclic amines) is 1. The van der Waals surface area contributed by atoms with E-state index in [-0.39, 0.29) is 11.9 Å². The van der Waals surface area contributed by atoms with Crippen LogP contribution in [0.3, 0.4) is 0 Å². The van der Waals surface area contributed by atoms with E-state index in [0.717, 1.165) is 53.1 Å². The van der Waals surface area contributed by atoms with Crippen molar-refractivity contribution >= 4 is 28.0 Å². The largest absolute Gasteiger partial charge is 0.340 e. The third kappa shape index (κ3) is 3.18. The quantitative estimate of drug-likeness (QED) is 0.568. The minimum atomic E-state index is 0.0378. The van der Waals surface area contributed by atoms with Crippen LogP contribution in [0.2, 0.25) is 0 Å². The van der Waals surface area contributed by atoms with Crippen molar-refractivity contribution in [1.82, 2.24) is 24.4 Å². The van der Waals surface area contributed by atoms with Crippen molar-refractivity contribution in [2.45, 2.75) is 45.7 Å². The van der Waals surface area contributed by atoms with Gasteiger partial charge in [0.25, 0.3) is 0 Å². The Balaban J connectivity index is 1.35. The Labute approximate surface area is 169 Å². The summed E-state index contributed by atoms with van der Waals surface area (Å²) in [7, 11) is 0. The van der Waals surface area contributed by atoms with Gasteiger partial charge in [0.05, 0.1) is 28.1 Å². The molecular formula is C23H25N5O. The number of aromatic amines is 1. The molecule has 1 amide bonds. The average Bonchev–Trinajstić information content (AvgIpc) is 3.41. The van der Waals surface area contributed by atoms with E-state index in [1.807, 2.05) is 36.1 Å². The summed E-state index contributed by atoms with van der Waals surface area (Å²) in [5.41, 5.74) is 5.28. The highest BCUT2D eigenvalue weighted by molar-refractivity contribution is 5.79. The first kappa shape index (κ1) is 17.9. The molecule has 2 aromatic heterocycles. The highest BCUT2D eigenvalue weighted by Gasteiger charge is 2.32. The number of fused-ring (bicyclic) bond motifs is 2. The van der Waals surface area contributed by atoms with Gasteiger partial charge in [0.1, 0.15) is 11.6 Å². The van der Waals surface area contributed by atoms with E-state index in [2.05, 4.69) is 39.7 Å². The highest BCUT2D eigenvalue weighted by atomic mass is 16.2. The van der Waals surface area contributed by atoms with Crippen molar-refractivity contribution < 1.29 is 4.79 Å². The Morgan fingerprint density at radius 3 is 2.90 bits per heavy atom. The summed E-state index contributed by atoms with van der Waals surface area (Å²) in [6.07, 6.45) is 2.44. The number of para-hydroxylation sites is 2. The molecule has 6 heteroatoms. The molecule has 0 bridgehead atoms. The number of H-pyrrole nitrogens is 1. The van der Waals surface area contributed by atoms with Crippen molar-refractivity contribution in [3.8, 4) is 0 Å². The summed E-state index contributed by atoms with van der Waals surface area (Å²) < 4.78 is 2.14. The molecule has 1 saturated heterocycles. The molecule has 0 spiro atoms. The Morgan fingerprint density at radius 2 is 2.00 bits per heavy atom. The van der Waals surface area contributed by atoms with Gasteiger partial charge in [-0.05, 0) is 56.5 Å². The number of nitrogens with zero attached hydrogens (tertiary/aromatic N) is 4. The molecule has 0 aliphatic carbocycles. The van der Waals surface area contributed by atoms with E-state index in [1.54, 1.807) is 0 Å². The predicted molar refractivity (Wildman–Crippen MR) is 114 cm³/mol. The minimum Gasteiger partial charge on any atom is -0.340 e. The molecule has 0 unspecified atom stereocenters. The number of imidazole rings is 2. The highest BCUT2D eigenvalue weighted by Crippen LogP contribution is 2.32. The SMILES string of the molecule is Cc1ccc2nc([C@@H]3CCCN3C(=O)CCn3c(C)nc4ccccc43)[nH]c2c1. The first-order chi connectivity index (χ1) is 14.1. The molecule has 148 valence electrons. The molecule has 1 aliphatic heterocycles. The molecule has 1 atom stereocenters. The molecule has 2 aromatic carbocycles. The van der Waals surface area contributed by atoms with E-state index in [1.165, 1.54) is 5.56 Å². The lowest BCUT2D eigenvalue weighted by Crippen LogP contribution is -2.31. The number of amides is 1. The van der Waals surface area contributed by atoms with Crippen LogP contribution in [0, 0.1) is 13.8 Å². The van der Waals surface area contributed by atoms with Crippen LogP contribution in [-0.2, 0) is 11.3 Å². The first-order valence-corrected chi connectivity index (χ1v) is 10.3. The van der Waals surface area contributed by atoms with Gasteiger partial charge in [-0.15, -0.1) is 0 Å². The second-order valence-electron chi connectivity index (χ2n) is 7.94. The second-order valence-corrected chi connectivity index (χ2v) is 7.94. The molecule has 6 nitrogen and oxygen atoms in total. The summed E-state index contributed by atoms with van der Waals surface area (Å²) in [4.78, 5) is 27.9. The number of carbonyl (C=O) groups excluding carboxylic acids is 1. The number of aromatic nitrogens is 4. The maximum absolute atomic E-state index is 13.1. The summed E-state index contributed by atoms with van der Waals surface area (Å²) in [5.74, 6) is 2.03. The first-order valence-electron chi connectivity index (χ1n) is 10.3. The number of aryl methyl sites for hydroxylation is 3. The van der Waals surface area contributed by atoms with Crippen LogP contribution in [0.15, 0.2) is 42.5 Å². The fourth-order valence-electron chi connectivity index (χ4n) is 4.48. The molecular weight excluding hydrogens is 362 g/mol. The maximum Gasteiger partial charge on any atom is 0.224 e. The lowest BCUT2D eigenvalue weighted by Gasteiger charge is -2.23. The van der Waals surface area contributed by atoms with Crippen LogP contribution in [0.1, 0.15) is 42.5 Å². The zero-order valence-electron chi connectivity index (χ0n) is 16.9. The number of hydrogen-bond acceptors (Lipinski definition) is 3. The van der Waals surface area contributed by atoms with Gasteiger partial charge in [0, 0.05) is 19.5 Å². The number of rotatable bonds is 4. The van der Waals surface area contributed by atoms with Crippen molar-refractivity contribution in [2.75, 3.05) is 6.54 Å². The molecule has 3 heterocycles. The van der Waals surface area contributed by atoms with Gasteiger partial charge in [-0.3, -0.25) is 4.79 Å². The fourth-order valence-corrected chi connectivity index (χ4v) is 4.48. The molecule has 5 rings (SSSR count). The van der Waals surface area contributed by atoms with Crippen LogP contribution >= 0.6 is 0 Å². The predicted octanol–water partition coefficient (Wildman–Crippen LogP) is 4.28. The van der Waals surface area contributed by atoms with Gasteiger partial charge in [0.2, 0.25) is 5.91 Å². The van der Waals surface area contributed by atoms with Gasteiger partial charge in [-0.2, -0.15) is 0 Å². The average molecular weight is 387 g/mol. The third-order valence-electron chi connectivity index (χ3n) is 5.94. The van der Waals surface area contributed by atoms with Crippen LogP contribution in [-0.4, -0.2) is 36.9 Å². The minimum absolute atomic E-state index is 0.0378. The monoisotopic (exact) mass is 387 g/mol. The Morgan fingerprint density at radius 1 is 1.14 bits per heavy atom. The molecule has 1 N–H and O–H groups in total. The summed E-state index contributed by atoms with van der Waals surface area (Å²) >= 11 is 0. The van der Waals surface area contributed by atoms with E-state index in [4.69, 9.17) is 4.98 Å². The van der Waals surface area contributed by atoms with Gasteiger partial charge in [-0.25, -0.2) is 9.97 Å². The van der Waals surface area contributed by atoms with E-state index in [9.17, 15) is 4.79 Å². The van der Waals surface area contributed by atoms with Crippen LogP contribution < -0.4 is 0 Å². The number of nitrogens with one attached hydrogen (secondary N) is 1. The van der Waals surface area contributed by atoms with Gasteiger partial charge >= 0.3 is 0 Å². The number of benzene rings is 2. The van der Waals surface area contributed by atoms with Crippen molar-refractivity contribution in [2.24, 2.45) is 0 Å². The molecule has 4 aromatic rings. The summed E-state index contributed by atoms with van der Waals surface area (Å²) in [6.45, 7) is 5.52. The van der Waals surface area contributed by atoms with Crippen LogP contribution in [0.4, 0.5) is 0 Å². The second kappa shape index (κ2) is 7.03. The molecule has 0 saturated carbocycles. The van der Waals surface area contributed by atoms with Crippen molar-refractivity contribution in [1.29, 1.82) is 0 Å². The number of hydrogen-bond donors (Lipinski definition) is 1. The van der Waals surface area contributed by atoms with Crippen LogP contribution in [0.5, 0.6) is 0 Å². The molecule has 1 aliphatic rings. The Bertz CT molecular complexity index is 1200. The van der Waals surface area contributed by atoms with E-state index >= 15 is 0 Å². The van der Waals surface area contributed by atoms with Crippen molar-refractivity contribution in [3.05, 3.63) is 59.7 Å². The third-order valence-corrected chi connectivity index (χ3v) is 5.94. The normalized spacial score (nSPS) is 16.9. The maximum atomic E-state index is 13.1. The molecule has 29 heavy (non-hydrogen) atoms. The fraction of sp³-hybridized carbons (Fsp3) is 0.348. The zero-order chi connectivity index (χ0) is 20.0. The number of carbonyl (C=O) groups is 1. The molecule has 1 fully saturated rings. The zero-order valence-corrected chi connectivity index (χ0v) is 16.9. The van der Waals surface area contributed by atoms with Crippen molar-refractivity contribution in [3.63, 3.8) is 0 Å². The van der Waals surface area contributed by atoms with Gasteiger partial charge in [0.15, 0.2) is 0 Å². The Hall–Kier alpha value is -3.15. The lowest BCUT2D eigenvalue weighted by atomic mass is 10.2. The van der Waals surface area contributed by atoms with Crippen LogP contribution in [0.25, 0.3) is 22.1 Å². The topological polar surface area (TPSA) is 66.8 Å². The standard InChI is InChI=1S/C23H25N5O/c1-15-9-10-17-19(14-15)26-23(25-17)21-8-5-12-28(21)22(29)11-13-27-16(2)24-18-6-3-4-7-20(18)27/h3-4,6-7,9-10,14,21H,5,8,11-13H2,1-2H3,(H,25,26)/t21-/m0/s1. The van der Waals surface area contributed by atoms with E-state index < -0.39 is 0 Å². The van der Waals surface area contributed by atoms with Gasteiger partial charge in [-0.1, -0.05) is 18.2 Å². The molecule has 0 radical (unpaired) electrons. The smallest absolute Gasteiger partial charge is 0.224 e. The lowest BCUT2D eigenvalue weighted by molar-refractivity contribution is -0.132. The Kier molecular flexibility index (Phi) is 4.34. The van der Waals surface area contributed by atoms with E-state index in [0.29, 0.717) is 13.0 Å². The summed E-state index contributed by atoms with van der Waals surface area (Å²) in [5, 5.41) is 0. The van der Waals surface area contributed by atoms with Gasteiger partial charge < -0.3 is 14.5 Å².